The van der Waals surface area contributed by atoms with Crippen molar-refractivity contribution >= 4 is 57.4 Å². The van der Waals surface area contributed by atoms with E-state index in [2.05, 4.69) is 27.9 Å². The van der Waals surface area contributed by atoms with Gasteiger partial charge in [-0.05, 0) is 65.8 Å². The van der Waals surface area contributed by atoms with Gasteiger partial charge in [-0.15, -0.1) is 0 Å². The molecule has 0 radical (unpaired) electrons. The van der Waals surface area contributed by atoms with Crippen molar-refractivity contribution in [1.82, 2.24) is 0 Å². The Morgan fingerprint density at radius 2 is 1.85 bits per heavy atom. The number of nitrogens with one attached hydrogen (secondary N) is 1. The molecule has 0 spiro atoms. The van der Waals surface area contributed by atoms with Gasteiger partial charge in [0.2, 0.25) is 0 Å². The largest absolute Gasteiger partial charge is 0.452 e. The van der Waals surface area contributed by atoms with Crippen molar-refractivity contribution < 1.29 is 19.2 Å². The van der Waals surface area contributed by atoms with Gasteiger partial charge in [-0.2, -0.15) is 0 Å². The topological polar surface area (TPSA) is 98.5 Å². The molecule has 136 valence electrons. The minimum absolute atomic E-state index is 0.00494. The van der Waals surface area contributed by atoms with Crippen molar-refractivity contribution in [3.8, 4) is 0 Å². The van der Waals surface area contributed by atoms with Crippen LogP contribution in [0.25, 0.3) is 0 Å². The summed E-state index contributed by atoms with van der Waals surface area (Å²) < 4.78 is 5.97. The average Bonchev–Trinajstić information content (AvgIpc) is 2.56. The van der Waals surface area contributed by atoms with E-state index < -0.39 is 23.4 Å². The first-order valence-electron chi connectivity index (χ1n) is 7.36. The minimum atomic E-state index is -0.912. The quantitative estimate of drug-likeness (QED) is 0.293. The van der Waals surface area contributed by atoms with Crippen molar-refractivity contribution in [3.63, 3.8) is 0 Å². The zero-order valence-corrected chi connectivity index (χ0v) is 16.8. The van der Waals surface area contributed by atoms with Crippen molar-refractivity contribution in [2.45, 2.75) is 13.8 Å². The number of rotatable bonds is 5. The number of nitrogens with zero attached hydrogens (tertiary/aromatic N) is 1. The number of nitro benzene ring substituents is 1. The molecule has 26 heavy (non-hydrogen) atoms. The molecule has 0 aliphatic rings. The molecule has 2 rings (SSSR count). The Morgan fingerprint density at radius 3 is 2.42 bits per heavy atom. The highest BCUT2D eigenvalue weighted by molar-refractivity contribution is 14.1. The minimum Gasteiger partial charge on any atom is -0.452 e. The van der Waals surface area contributed by atoms with Crippen LogP contribution in [0.1, 0.15) is 21.5 Å². The Hall–Kier alpha value is -2.20. The number of esters is 1. The monoisotopic (exact) mass is 488 g/mol. The molecule has 9 heteroatoms. The SMILES string of the molecule is Cc1cc(I)cc(C)c1NC(=O)COC(=O)c1cc([N+](=O)[O-])ccc1Cl. The average molecular weight is 489 g/mol. The lowest BCUT2D eigenvalue weighted by molar-refractivity contribution is -0.384. The summed E-state index contributed by atoms with van der Waals surface area (Å²) in [6.45, 7) is 3.18. The number of halogens is 2. The summed E-state index contributed by atoms with van der Waals surface area (Å²) in [5.74, 6) is -1.43. The third-order valence-corrected chi connectivity index (χ3v) is 4.43. The Bertz CT molecular complexity index is 878. The molecule has 1 N–H and O–H groups in total. The zero-order chi connectivity index (χ0) is 19.4. The first kappa shape index (κ1) is 20.1. The van der Waals surface area contributed by atoms with E-state index in [1.54, 1.807) is 0 Å². The number of ether oxygens (including phenoxy) is 1. The van der Waals surface area contributed by atoms with Crippen LogP contribution in [0, 0.1) is 27.5 Å². The second-order valence-electron chi connectivity index (χ2n) is 5.46. The van der Waals surface area contributed by atoms with E-state index in [-0.39, 0.29) is 16.3 Å². The van der Waals surface area contributed by atoms with E-state index in [0.29, 0.717) is 5.69 Å². The summed E-state index contributed by atoms with van der Waals surface area (Å²) in [7, 11) is 0. The number of amides is 1. The Balaban J connectivity index is 2.05. The second-order valence-corrected chi connectivity index (χ2v) is 7.11. The Morgan fingerprint density at radius 1 is 1.23 bits per heavy atom. The van der Waals surface area contributed by atoms with Gasteiger partial charge in [0.25, 0.3) is 11.6 Å². The fourth-order valence-electron chi connectivity index (χ4n) is 2.28. The fourth-order valence-corrected chi connectivity index (χ4v) is 3.40. The first-order chi connectivity index (χ1) is 12.2. The maximum Gasteiger partial charge on any atom is 0.340 e. The lowest BCUT2D eigenvalue weighted by Crippen LogP contribution is -2.22. The van der Waals surface area contributed by atoms with E-state index in [1.807, 2.05) is 26.0 Å². The third kappa shape index (κ3) is 4.92. The summed E-state index contributed by atoms with van der Waals surface area (Å²) >= 11 is 8.05. The standard InChI is InChI=1S/C17H14ClIN2O5/c1-9-5-11(19)6-10(2)16(9)20-15(22)8-26-17(23)13-7-12(21(24)25)3-4-14(13)18/h3-7H,8H2,1-2H3,(H,20,22). The predicted octanol–water partition coefficient (Wildman–Crippen LogP) is 4.27. The molecule has 0 aliphatic heterocycles. The van der Waals surface area contributed by atoms with Crippen LogP contribution in [0.2, 0.25) is 5.02 Å². The van der Waals surface area contributed by atoms with E-state index in [0.717, 1.165) is 20.8 Å². The molecule has 0 unspecified atom stereocenters. The molecule has 0 fully saturated rings. The second kappa shape index (κ2) is 8.45. The van der Waals surface area contributed by atoms with Crippen molar-refractivity contribution in [2.75, 3.05) is 11.9 Å². The maximum atomic E-state index is 12.1. The van der Waals surface area contributed by atoms with Gasteiger partial charge < -0.3 is 10.1 Å². The zero-order valence-electron chi connectivity index (χ0n) is 13.8. The number of aryl methyl sites for hydroxylation is 2. The van der Waals surface area contributed by atoms with Gasteiger partial charge >= 0.3 is 5.97 Å². The lowest BCUT2D eigenvalue weighted by Gasteiger charge is -2.12. The molecule has 2 aromatic rings. The number of anilines is 1. The summed E-state index contributed by atoms with van der Waals surface area (Å²) in [6.07, 6.45) is 0. The number of hydrogen-bond donors (Lipinski definition) is 1. The van der Waals surface area contributed by atoms with Gasteiger partial charge in [-0.3, -0.25) is 14.9 Å². The predicted molar refractivity (Wildman–Crippen MR) is 106 cm³/mol. The van der Waals surface area contributed by atoms with Crippen LogP contribution in [-0.4, -0.2) is 23.4 Å². The van der Waals surface area contributed by atoms with Crippen LogP contribution < -0.4 is 5.32 Å². The number of benzene rings is 2. The first-order valence-corrected chi connectivity index (χ1v) is 8.82. The highest BCUT2D eigenvalue weighted by Crippen LogP contribution is 2.24. The smallest absolute Gasteiger partial charge is 0.340 e. The van der Waals surface area contributed by atoms with E-state index in [9.17, 15) is 19.7 Å². The third-order valence-electron chi connectivity index (χ3n) is 3.48. The number of non-ortho nitro benzene ring substituents is 1. The molecule has 0 saturated heterocycles. The molecule has 0 aromatic heterocycles. The van der Waals surface area contributed by atoms with Crippen molar-refractivity contribution in [3.05, 3.63) is 65.7 Å². The Labute approximate surface area is 168 Å². The van der Waals surface area contributed by atoms with Crippen molar-refractivity contribution in [1.29, 1.82) is 0 Å². The van der Waals surface area contributed by atoms with Gasteiger partial charge in [0.15, 0.2) is 6.61 Å². The van der Waals surface area contributed by atoms with E-state index in [4.69, 9.17) is 16.3 Å². The van der Waals surface area contributed by atoms with Crippen LogP contribution in [0.15, 0.2) is 30.3 Å². The summed E-state index contributed by atoms with van der Waals surface area (Å²) in [6, 6.07) is 7.24. The maximum absolute atomic E-state index is 12.1. The summed E-state index contributed by atoms with van der Waals surface area (Å²) in [5.41, 5.74) is 1.96. The number of hydrogen-bond acceptors (Lipinski definition) is 5. The summed E-state index contributed by atoms with van der Waals surface area (Å²) in [5, 5.41) is 13.5. The highest BCUT2D eigenvalue weighted by atomic mass is 127. The molecule has 0 heterocycles. The van der Waals surface area contributed by atoms with Gasteiger partial charge in [0, 0.05) is 21.4 Å². The molecule has 0 saturated carbocycles. The molecular formula is C17H14ClIN2O5. The summed E-state index contributed by atoms with van der Waals surface area (Å²) in [4.78, 5) is 34.3. The van der Waals surface area contributed by atoms with Gasteiger partial charge in [-0.25, -0.2) is 4.79 Å². The van der Waals surface area contributed by atoms with Crippen LogP contribution >= 0.6 is 34.2 Å². The number of nitro groups is 1. The fraction of sp³-hybridized carbons (Fsp3) is 0.176. The van der Waals surface area contributed by atoms with E-state index >= 15 is 0 Å². The normalized spacial score (nSPS) is 10.3. The molecule has 0 aliphatic carbocycles. The van der Waals surface area contributed by atoms with Gasteiger partial charge in [0.05, 0.1) is 15.5 Å². The number of carbonyl (C=O) groups excluding carboxylic acids is 2. The Kier molecular flexibility index (Phi) is 6.54. The molecule has 0 bridgehead atoms. The van der Waals surface area contributed by atoms with Crippen LogP contribution in [0.4, 0.5) is 11.4 Å². The van der Waals surface area contributed by atoms with Crippen LogP contribution in [0.5, 0.6) is 0 Å². The number of carbonyl (C=O) groups is 2. The molecule has 2 aromatic carbocycles. The molecular weight excluding hydrogens is 475 g/mol. The van der Waals surface area contributed by atoms with Gasteiger partial charge in [0.1, 0.15) is 0 Å². The molecule has 1 amide bonds. The van der Waals surface area contributed by atoms with E-state index in [1.165, 1.54) is 12.1 Å². The molecule has 0 atom stereocenters. The van der Waals surface area contributed by atoms with Crippen LogP contribution in [0.3, 0.4) is 0 Å². The van der Waals surface area contributed by atoms with Crippen LogP contribution in [-0.2, 0) is 9.53 Å². The lowest BCUT2D eigenvalue weighted by atomic mass is 10.1. The molecule has 7 nitrogen and oxygen atoms in total. The van der Waals surface area contributed by atoms with Gasteiger partial charge in [-0.1, -0.05) is 11.6 Å². The highest BCUT2D eigenvalue weighted by Gasteiger charge is 2.18. The van der Waals surface area contributed by atoms with Crippen molar-refractivity contribution in [2.24, 2.45) is 0 Å².